The van der Waals surface area contributed by atoms with Crippen LogP contribution in [-0.4, -0.2) is 18.0 Å². The first kappa shape index (κ1) is 12.5. The summed E-state index contributed by atoms with van der Waals surface area (Å²) in [7, 11) is 1.87. The Kier molecular flexibility index (Phi) is 3.29. The van der Waals surface area contributed by atoms with E-state index in [-0.39, 0.29) is 6.03 Å². The molecule has 1 heterocycles. The van der Waals surface area contributed by atoms with E-state index < -0.39 is 0 Å². The number of anilines is 2. The van der Waals surface area contributed by atoms with Crippen LogP contribution < -0.4 is 10.6 Å². The molecule has 0 unspecified atom stereocenters. The summed E-state index contributed by atoms with van der Waals surface area (Å²) >= 11 is 0. The molecule has 0 aliphatic carbocycles. The highest BCUT2D eigenvalue weighted by molar-refractivity contribution is 5.93. The second kappa shape index (κ2) is 5.25. The molecule has 0 bridgehead atoms. The number of nitrogens with zero attached hydrogens (tertiary/aromatic N) is 1. The highest BCUT2D eigenvalue weighted by Gasteiger charge is 2.22. The third kappa shape index (κ3) is 2.45. The minimum atomic E-state index is -0.0467. The van der Waals surface area contributed by atoms with Gasteiger partial charge in [0, 0.05) is 31.5 Å². The van der Waals surface area contributed by atoms with Crippen LogP contribution in [0.1, 0.15) is 11.1 Å². The maximum absolute atomic E-state index is 12.2. The Balaban J connectivity index is 1.81. The Morgan fingerprint density at radius 1 is 1.20 bits per heavy atom. The molecule has 4 heteroatoms. The molecule has 0 saturated heterocycles. The number of amides is 2. The van der Waals surface area contributed by atoms with Crippen molar-refractivity contribution in [1.82, 2.24) is 4.90 Å². The van der Waals surface area contributed by atoms with E-state index in [9.17, 15) is 4.79 Å². The van der Waals surface area contributed by atoms with Crippen molar-refractivity contribution in [3.8, 4) is 0 Å². The van der Waals surface area contributed by atoms with Gasteiger partial charge in [-0.3, -0.25) is 0 Å². The van der Waals surface area contributed by atoms with Crippen LogP contribution in [-0.2, 0) is 13.1 Å². The molecule has 20 heavy (non-hydrogen) atoms. The molecule has 0 atom stereocenters. The van der Waals surface area contributed by atoms with E-state index in [1.165, 1.54) is 0 Å². The van der Waals surface area contributed by atoms with Crippen LogP contribution in [0.15, 0.2) is 48.5 Å². The zero-order valence-corrected chi connectivity index (χ0v) is 11.4. The average Bonchev–Trinajstić information content (AvgIpc) is 2.48. The standard InChI is InChI=1S/C16H17N3O/c1-17-14-8-7-13-11-19(16(20)18-15(13)9-14)10-12-5-3-2-4-6-12/h2-9,17H,10-11H2,1H3,(H,18,20). The predicted octanol–water partition coefficient (Wildman–Crippen LogP) is 3.28. The molecule has 2 N–H and O–H groups in total. The molecule has 0 aromatic heterocycles. The highest BCUT2D eigenvalue weighted by atomic mass is 16.2. The Bertz CT molecular complexity index is 625. The SMILES string of the molecule is CNc1ccc2c(c1)NC(=O)N(Cc1ccccc1)C2. The van der Waals surface area contributed by atoms with Crippen molar-refractivity contribution < 1.29 is 4.79 Å². The molecule has 0 radical (unpaired) electrons. The molecule has 2 aromatic rings. The van der Waals surface area contributed by atoms with E-state index in [4.69, 9.17) is 0 Å². The number of hydrogen-bond acceptors (Lipinski definition) is 2. The smallest absolute Gasteiger partial charge is 0.322 e. The van der Waals surface area contributed by atoms with Crippen molar-refractivity contribution in [3.05, 3.63) is 59.7 Å². The molecule has 0 fully saturated rings. The lowest BCUT2D eigenvalue weighted by atomic mass is 10.1. The van der Waals surface area contributed by atoms with Crippen molar-refractivity contribution in [3.63, 3.8) is 0 Å². The fourth-order valence-electron chi connectivity index (χ4n) is 2.39. The summed E-state index contributed by atoms with van der Waals surface area (Å²) in [6, 6.07) is 16.0. The second-order valence-corrected chi connectivity index (χ2v) is 4.89. The van der Waals surface area contributed by atoms with Crippen LogP contribution in [0.2, 0.25) is 0 Å². The van der Waals surface area contributed by atoms with Crippen LogP contribution in [0.3, 0.4) is 0 Å². The lowest BCUT2D eigenvalue weighted by molar-refractivity contribution is 0.204. The Morgan fingerprint density at radius 3 is 2.75 bits per heavy atom. The lowest BCUT2D eigenvalue weighted by Gasteiger charge is -2.29. The number of hydrogen-bond donors (Lipinski definition) is 2. The van der Waals surface area contributed by atoms with Gasteiger partial charge >= 0.3 is 6.03 Å². The predicted molar refractivity (Wildman–Crippen MR) is 80.7 cm³/mol. The summed E-state index contributed by atoms with van der Waals surface area (Å²) in [4.78, 5) is 14.0. The molecule has 0 spiro atoms. The molecule has 1 aliphatic heterocycles. The Morgan fingerprint density at radius 2 is 2.00 bits per heavy atom. The van der Waals surface area contributed by atoms with Gasteiger partial charge in [-0.2, -0.15) is 0 Å². The van der Waals surface area contributed by atoms with Gasteiger partial charge in [0.05, 0.1) is 0 Å². The van der Waals surface area contributed by atoms with Crippen LogP contribution in [0.5, 0.6) is 0 Å². The molecule has 4 nitrogen and oxygen atoms in total. The summed E-state index contributed by atoms with van der Waals surface area (Å²) in [5, 5.41) is 6.03. The van der Waals surface area contributed by atoms with Crippen molar-refractivity contribution in [2.45, 2.75) is 13.1 Å². The van der Waals surface area contributed by atoms with Gasteiger partial charge in [0.15, 0.2) is 0 Å². The van der Waals surface area contributed by atoms with Gasteiger partial charge in [0.2, 0.25) is 0 Å². The van der Waals surface area contributed by atoms with Crippen LogP contribution in [0.25, 0.3) is 0 Å². The molecule has 3 rings (SSSR count). The first-order chi connectivity index (χ1) is 9.76. The number of carbonyl (C=O) groups excluding carboxylic acids is 1. The number of rotatable bonds is 3. The number of fused-ring (bicyclic) bond motifs is 1. The van der Waals surface area contributed by atoms with Crippen molar-refractivity contribution in [2.75, 3.05) is 17.7 Å². The van der Waals surface area contributed by atoms with Gasteiger partial charge in [-0.25, -0.2) is 4.79 Å². The topological polar surface area (TPSA) is 44.4 Å². The largest absolute Gasteiger partial charge is 0.388 e. The van der Waals surface area contributed by atoms with Gasteiger partial charge in [0.1, 0.15) is 0 Å². The molecular formula is C16H17N3O. The fourth-order valence-corrected chi connectivity index (χ4v) is 2.39. The van der Waals surface area contributed by atoms with E-state index >= 15 is 0 Å². The quantitative estimate of drug-likeness (QED) is 0.896. The number of urea groups is 1. The van der Waals surface area contributed by atoms with E-state index in [1.54, 1.807) is 0 Å². The summed E-state index contributed by atoms with van der Waals surface area (Å²) < 4.78 is 0. The van der Waals surface area contributed by atoms with Crippen LogP contribution in [0, 0.1) is 0 Å². The number of benzene rings is 2. The zero-order valence-electron chi connectivity index (χ0n) is 11.4. The highest BCUT2D eigenvalue weighted by Crippen LogP contribution is 2.27. The molecule has 1 aliphatic rings. The average molecular weight is 267 g/mol. The summed E-state index contributed by atoms with van der Waals surface area (Å²) in [6.45, 7) is 1.26. The first-order valence-corrected chi connectivity index (χ1v) is 6.67. The molecule has 2 amide bonds. The van der Waals surface area contributed by atoms with Gasteiger partial charge in [0.25, 0.3) is 0 Å². The Labute approximate surface area is 118 Å². The maximum Gasteiger partial charge on any atom is 0.322 e. The zero-order chi connectivity index (χ0) is 13.9. The normalized spacial score (nSPS) is 13.7. The maximum atomic E-state index is 12.2. The molecule has 102 valence electrons. The fraction of sp³-hybridized carbons (Fsp3) is 0.188. The summed E-state index contributed by atoms with van der Waals surface area (Å²) in [5.41, 5.74) is 4.17. The van der Waals surface area contributed by atoms with E-state index in [0.717, 1.165) is 22.5 Å². The van der Waals surface area contributed by atoms with Gasteiger partial charge in [-0.05, 0) is 23.3 Å². The molecule has 2 aromatic carbocycles. The summed E-state index contributed by atoms with van der Waals surface area (Å²) in [6.07, 6.45) is 0. The molecular weight excluding hydrogens is 250 g/mol. The summed E-state index contributed by atoms with van der Waals surface area (Å²) in [5.74, 6) is 0. The van der Waals surface area contributed by atoms with Crippen molar-refractivity contribution in [2.24, 2.45) is 0 Å². The second-order valence-electron chi connectivity index (χ2n) is 4.89. The number of nitrogens with one attached hydrogen (secondary N) is 2. The van der Waals surface area contributed by atoms with Gasteiger partial charge in [-0.15, -0.1) is 0 Å². The van der Waals surface area contributed by atoms with Crippen molar-refractivity contribution in [1.29, 1.82) is 0 Å². The van der Waals surface area contributed by atoms with Crippen LogP contribution in [0.4, 0.5) is 16.2 Å². The lowest BCUT2D eigenvalue weighted by Crippen LogP contribution is -2.38. The minimum absolute atomic E-state index is 0.0467. The Hall–Kier alpha value is -2.49. The minimum Gasteiger partial charge on any atom is -0.388 e. The van der Waals surface area contributed by atoms with Gasteiger partial charge < -0.3 is 15.5 Å². The monoisotopic (exact) mass is 267 g/mol. The molecule has 0 saturated carbocycles. The van der Waals surface area contributed by atoms with E-state index in [1.807, 2.05) is 54.4 Å². The van der Waals surface area contributed by atoms with E-state index in [0.29, 0.717) is 13.1 Å². The van der Waals surface area contributed by atoms with E-state index in [2.05, 4.69) is 16.7 Å². The number of carbonyl (C=O) groups is 1. The third-order valence-corrected chi connectivity index (χ3v) is 3.50. The first-order valence-electron chi connectivity index (χ1n) is 6.67. The van der Waals surface area contributed by atoms with Crippen LogP contribution >= 0.6 is 0 Å². The van der Waals surface area contributed by atoms with Gasteiger partial charge in [-0.1, -0.05) is 36.4 Å². The van der Waals surface area contributed by atoms with Crippen molar-refractivity contribution >= 4 is 17.4 Å². The third-order valence-electron chi connectivity index (χ3n) is 3.50.